The van der Waals surface area contributed by atoms with Crippen LogP contribution < -0.4 is 4.74 Å². The van der Waals surface area contributed by atoms with Crippen molar-refractivity contribution in [3.8, 4) is 5.75 Å². The fraction of sp³-hybridized carbons (Fsp3) is 0.316. The molecule has 0 saturated heterocycles. The third kappa shape index (κ3) is 5.75. The number of hydrogen-bond donors (Lipinski definition) is 0. The highest BCUT2D eigenvalue weighted by atomic mass is 16.7. The molecular weight excluding hydrogens is 290 g/mol. The summed E-state index contributed by atoms with van der Waals surface area (Å²) in [5.74, 6) is 0.843. The van der Waals surface area contributed by atoms with E-state index in [0.717, 1.165) is 24.2 Å². The van der Waals surface area contributed by atoms with Crippen LogP contribution in [-0.4, -0.2) is 25.1 Å². The molecule has 23 heavy (non-hydrogen) atoms. The van der Waals surface area contributed by atoms with Gasteiger partial charge in [-0.1, -0.05) is 42.5 Å². The van der Waals surface area contributed by atoms with Crippen LogP contribution in [0.1, 0.15) is 24.0 Å². The Morgan fingerprint density at radius 2 is 1.78 bits per heavy atom. The van der Waals surface area contributed by atoms with E-state index in [0.29, 0.717) is 13.0 Å². The summed E-state index contributed by atoms with van der Waals surface area (Å²) in [5.41, 5.74) is 2.31. The summed E-state index contributed by atoms with van der Waals surface area (Å²) in [6.07, 6.45) is 2.10. The molecule has 0 fully saturated rings. The van der Waals surface area contributed by atoms with Gasteiger partial charge in [-0.25, -0.2) is 5.06 Å². The van der Waals surface area contributed by atoms with Crippen molar-refractivity contribution < 1.29 is 14.4 Å². The van der Waals surface area contributed by atoms with Gasteiger partial charge in [0.25, 0.3) is 0 Å². The second kappa shape index (κ2) is 8.96. The average Bonchev–Trinajstić information content (AvgIpc) is 2.60. The van der Waals surface area contributed by atoms with Crippen LogP contribution in [0.2, 0.25) is 0 Å². The van der Waals surface area contributed by atoms with Gasteiger partial charge in [0, 0.05) is 13.5 Å². The van der Waals surface area contributed by atoms with E-state index < -0.39 is 0 Å². The average molecular weight is 313 g/mol. The van der Waals surface area contributed by atoms with E-state index in [4.69, 9.17) is 9.57 Å². The lowest BCUT2D eigenvalue weighted by Crippen LogP contribution is -2.25. The summed E-state index contributed by atoms with van der Waals surface area (Å²) < 4.78 is 5.82. The third-order valence-electron chi connectivity index (χ3n) is 3.63. The van der Waals surface area contributed by atoms with E-state index in [1.54, 1.807) is 7.05 Å². The van der Waals surface area contributed by atoms with Gasteiger partial charge in [0.05, 0.1) is 7.11 Å². The van der Waals surface area contributed by atoms with Gasteiger partial charge < -0.3 is 4.74 Å². The molecule has 0 bridgehead atoms. The monoisotopic (exact) mass is 313 g/mol. The highest BCUT2D eigenvalue weighted by Crippen LogP contribution is 2.17. The number of carbonyl (C=O) groups is 1. The SMILES string of the molecule is CON(C)C(=O)CCCc1cccc(OCc2ccccc2)c1. The van der Waals surface area contributed by atoms with Gasteiger partial charge in [-0.3, -0.25) is 9.63 Å². The van der Waals surface area contributed by atoms with Crippen LogP contribution in [0.25, 0.3) is 0 Å². The zero-order valence-corrected chi connectivity index (χ0v) is 13.7. The molecule has 2 aromatic rings. The predicted molar refractivity (Wildman–Crippen MR) is 89.9 cm³/mol. The first kappa shape index (κ1) is 17.0. The summed E-state index contributed by atoms with van der Waals surface area (Å²) in [5, 5.41) is 1.26. The second-order valence-corrected chi connectivity index (χ2v) is 5.35. The number of ether oxygens (including phenoxy) is 1. The number of rotatable bonds is 8. The first-order valence-electron chi connectivity index (χ1n) is 7.75. The van der Waals surface area contributed by atoms with E-state index >= 15 is 0 Å². The van der Waals surface area contributed by atoms with Gasteiger partial charge in [-0.2, -0.15) is 0 Å². The molecule has 0 aliphatic rings. The van der Waals surface area contributed by atoms with Gasteiger partial charge in [0.15, 0.2) is 0 Å². The normalized spacial score (nSPS) is 10.3. The van der Waals surface area contributed by atoms with Crippen molar-refractivity contribution >= 4 is 5.91 Å². The molecule has 0 aliphatic heterocycles. The van der Waals surface area contributed by atoms with Crippen LogP contribution in [0.4, 0.5) is 0 Å². The summed E-state index contributed by atoms with van der Waals surface area (Å²) in [7, 11) is 3.12. The van der Waals surface area contributed by atoms with Crippen LogP contribution in [0.15, 0.2) is 54.6 Å². The highest BCUT2D eigenvalue weighted by Gasteiger charge is 2.07. The van der Waals surface area contributed by atoms with Gasteiger partial charge in [-0.15, -0.1) is 0 Å². The van der Waals surface area contributed by atoms with E-state index in [2.05, 4.69) is 6.07 Å². The molecule has 0 aliphatic carbocycles. The van der Waals surface area contributed by atoms with Crippen molar-refractivity contribution in [1.29, 1.82) is 0 Å². The van der Waals surface area contributed by atoms with Gasteiger partial charge >= 0.3 is 0 Å². The quantitative estimate of drug-likeness (QED) is 0.699. The molecule has 4 nitrogen and oxygen atoms in total. The Hall–Kier alpha value is -2.33. The second-order valence-electron chi connectivity index (χ2n) is 5.35. The van der Waals surface area contributed by atoms with Gasteiger partial charge in [0.2, 0.25) is 5.91 Å². The lowest BCUT2D eigenvalue weighted by molar-refractivity contribution is -0.168. The number of hydroxylamine groups is 2. The zero-order chi connectivity index (χ0) is 16.5. The molecule has 4 heteroatoms. The molecular formula is C19H23NO3. The van der Waals surface area contributed by atoms with Crippen molar-refractivity contribution in [3.05, 3.63) is 65.7 Å². The Kier molecular flexibility index (Phi) is 6.63. The molecule has 0 atom stereocenters. The minimum Gasteiger partial charge on any atom is -0.489 e. The maximum atomic E-state index is 11.7. The summed E-state index contributed by atoms with van der Waals surface area (Å²) in [6.45, 7) is 0.557. The summed E-state index contributed by atoms with van der Waals surface area (Å²) >= 11 is 0. The van der Waals surface area contributed by atoms with Crippen LogP contribution in [-0.2, 0) is 22.7 Å². The number of carbonyl (C=O) groups excluding carboxylic acids is 1. The number of nitrogens with zero attached hydrogens (tertiary/aromatic N) is 1. The molecule has 0 N–H and O–H groups in total. The van der Waals surface area contributed by atoms with Gasteiger partial charge in [-0.05, 0) is 36.1 Å². The van der Waals surface area contributed by atoms with Crippen LogP contribution in [0, 0.1) is 0 Å². The summed E-state index contributed by atoms with van der Waals surface area (Å²) in [4.78, 5) is 16.5. The Balaban J connectivity index is 1.81. The Labute approximate surface area is 137 Å². The zero-order valence-electron chi connectivity index (χ0n) is 13.7. The molecule has 0 aromatic heterocycles. The molecule has 0 unspecified atom stereocenters. The minimum absolute atomic E-state index is 0.0102. The Morgan fingerprint density at radius 3 is 2.52 bits per heavy atom. The van der Waals surface area contributed by atoms with Crippen LogP contribution in [0.5, 0.6) is 5.75 Å². The fourth-order valence-corrected chi connectivity index (χ4v) is 2.23. The predicted octanol–water partition coefficient (Wildman–Crippen LogP) is 3.61. The minimum atomic E-state index is -0.0102. The van der Waals surface area contributed by atoms with Crippen LogP contribution in [0.3, 0.4) is 0 Å². The smallest absolute Gasteiger partial charge is 0.245 e. The van der Waals surface area contributed by atoms with Gasteiger partial charge in [0.1, 0.15) is 12.4 Å². The van der Waals surface area contributed by atoms with Crippen LogP contribution >= 0.6 is 0 Å². The molecule has 0 spiro atoms. The van der Waals surface area contributed by atoms with E-state index in [1.165, 1.54) is 17.7 Å². The first-order valence-corrected chi connectivity index (χ1v) is 7.75. The lowest BCUT2D eigenvalue weighted by Gasteiger charge is -2.13. The maximum Gasteiger partial charge on any atom is 0.245 e. The Bertz CT molecular complexity index is 613. The lowest BCUT2D eigenvalue weighted by atomic mass is 10.1. The van der Waals surface area contributed by atoms with E-state index in [1.807, 2.05) is 48.5 Å². The fourth-order valence-electron chi connectivity index (χ4n) is 2.23. The van der Waals surface area contributed by atoms with Crippen molar-refractivity contribution in [2.24, 2.45) is 0 Å². The number of hydrogen-bond acceptors (Lipinski definition) is 3. The molecule has 0 radical (unpaired) electrons. The van der Waals surface area contributed by atoms with Crippen molar-refractivity contribution in [1.82, 2.24) is 5.06 Å². The van der Waals surface area contributed by atoms with Crippen molar-refractivity contribution in [3.63, 3.8) is 0 Å². The largest absolute Gasteiger partial charge is 0.489 e. The van der Waals surface area contributed by atoms with E-state index in [-0.39, 0.29) is 5.91 Å². The molecule has 1 amide bonds. The van der Waals surface area contributed by atoms with Crippen molar-refractivity contribution in [2.75, 3.05) is 14.2 Å². The van der Waals surface area contributed by atoms with Crippen molar-refractivity contribution in [2.45, 2.75) is 25.9 Å². The highest BCUT2D eigenvalue weighted by molar-refractivity contribution is 5.74. The maximum absolute atomic E-state index is 11.7. The third-order valence-corrected chi connectivity index (χ3v) is 3.63. The molecule has 0 saturated carbocycles. The Morgan fingerprint density at radius 1 is 1.04 bits per heavy atom. The molecule has 2 rings (SSSR count). The number of aryl methyl sites for hydroxylation is 1. The van der Waals surface area contributed by atoms with E-state index in [9.17, 15) is 4.79 Å². The molecule has 122 valence electrons. The topological polar surface area (TPSA) is 38.8 Å². The number of amides is 1. The molecule has 0 heterocycles. The standard InChI is InChI=1S/C19H23NO3/c1-20(22-2)19(21)13-7-11-16-10-6-12-18(14-16)23-15-17-8-4-3-5-9-17/h3-6,8-10,12,14H,7,11,13,15H2,1-2H3. The number of benzene rings is 2. The first-order chi connectivity index (χ1) is 11.2. The molecule has 2 aromatic carbocycles. The summed E-state index contributed by atoms with van der Waals surface area (Å²) in [6, 6.07) is 18.1.